The van der Waals surface area contributed by atoms with E-state index in [1.54, 1.807) is 13.1 Å². The van der Waals surface area contributed by atoms with E-state index in [0.717, 1.165) is 24.3 Å². The van der Waals surface area contributed by atoms with Crippen LogP contribution in [0, 0.1) is 0 Å². The van der Waals surface area contributed by atoms with Crippen molar-refractivity contribution in [2.24, 2.45) is 0 Å². The second-order valence-electron chi connectivity index (χ2n) is 0.448. The molecule has 0 fully saturated rings. The van der Waals surface area contributed by atoms with Gasteiger partial charge in [-0.3, -0.25) is 0 Å². The Morgan fingerprint density at radius 3 is 1.50 bits per heavy atom. The summed E-state index contributed by atoms with van der Waals surface area (Å²) >= 11 is 2.24. The predicted molar refractivity (Wildman–Crippen MR) is 36.9 cm³/mol. The van der Waals surface area contributed by atoms with Crippen molar-refractivity contribution in [3.63, 3.8) is 0 Å². The summed E-state index contributed by atoms with van der Waals surface area (Å²) in [4.78, 5) is 0. The van der Waals surface area contributed by atoms with Crippen molar-refractivity contribution in [2.45, 2.75) is 0 Å². The van der Waals surface area contributed by atoms with Gasteiger partial charge in [0.2, 0.25) is 0 Å². The topological polar surface area (TPSA) is 0 Å². The summed E-state index contributed by atoms with van der Waals surface area (Å²) in [5, 5.41) is 0. The average molecular weight is 378 g/mol. The van der Waals surface area contributed by atoms with Gasteiger partial charge in [-0.2, -0.15) is 0 Å². The molecule has 0 aromatic carbocycles. The minimum absolute atomic E-state index is 1.12. The van der Waals surface area contributed by atoms with Crippen molar-refractivity contribution >= 4 is 58.9 Å². The first-order chi connectivity index (χ1) is 3.00. The first-order valence-corrected chi connectivity index (χ1v) is 21.0. The molecule has 0 aliphatic heterocycles. The minimum atomic E-state index is 1.12. The van der Waals surface area contributed by atoms with E-state index in [1.807, 2.05) is 0 Å². The molecule has 0 unspecified atom stereocenters. The molecular weight excluding hydrogens is 378 g/mol. The van der Waals surface area contributed by atoms with Crippen LogP contribution in [-0.4, -0.2) is 45.9 Å². The standard InChI is InChI=1S/P2Se4/c1-2-4-6-5-3-1. The van der Waals surface area contributed by atoms with Gasteiger partial charge in [-0.1, -0.05) is 0 Å². The molecule has 6 heteroatoms. The summed E-state index contributed by atoms with van der Waals surface area (Å²) in [5.74, 6) is 0. The van der Waals surface area contributed by atoms with Gasteiger partial charge in [-0.25, -0.2) is 0 Å². The van der Waals surface area contributed by atoms with Crippen LogP contribution < -0.4 is 0 Å². The molecule has 1 heterocycles. The van der Waals surface area contributed by atoms with Crippen molar-refractivity contribution in [3.05, 3.63) is 0 Å². The first kappa shape index (κ1) is 6.79. The van der Waals surface area contributed by atoms with Crippen LogP contribution in [0.15, 0.2) is 0 Å². The molecule has 1 aromatic rings. The Labute approximate surface area is 58.1 Å². The number of hydrogen-bond donors (Lipinski definition) is 0. The van der Waals surface area contributed by atoms with Gasteiger partial charge in [-0.05, 0) is 0 Å². The zero-order valence-corrected chi connectivity index (χ0v) is 11.2. The Morgan fingerprint density at radius 1 is 0.833 bits per heavy atom. The van der Waals surface area contributed by atoms with Gasteiger partial charge in [0.25, 0.3) is 0 Å². The molecule has 0 N–H and O–H groups in total. The SMILES string of the molecule is p1p[se][se][se][se]1. The third kappa shape index (κ3) is 2.86. The van der Waals surface area contributed by atoms with E-state index in [2.05, 4.69) is 0 Å². The number of rotatable bonds is 0. The summed E-state index contributed by atoms with van der Waals surface area (Å²) < 4.78 is 0. The van der Waals surface area contributed by atoms with E-state index in [-0.39, 0.29) is 0 Å². The third-order valence-electron chi connectivity index (χ3n) is 0.189. The molecule has 0 nitrogen and oxygen atoms in total. The maximum atomic E-state index is 1.80. The van der Waals surface area contributed by atoms with Crippen LogP contribution in [0.5, 0.6) is 0 Å². The predicted octanol–water partition coefficient (Wildman–Crippen LogP) is 0.199. The molecule has 0 radical (unpaired) electrons. The average Bonchev–Trinajstić information content (AvgIpc) is 1.72. The van der Waals surface area contributed by atoms with Crippen molar-refractivity contribution in [3.8, 4) is 0 Å². The first-order valence-electron chi connectivity index (χ1n) is 1.07. The molecule has 34 valence electrons. The fraction of sp³-hybridized carbons (Fsp3) is 0. The zero-order valence-electron chi connectivity index (χ0n) is 2.53. The maximum absolute atomic E-state index is 1.80. The molecule has 6 heavy (non-hydrogen) atoms. The van der Waals surface area contributed by atoms with Crippen LogP contribution in [0.2, 0.25) is 0 Å². The second kappa shape index (κ2) is 4.55. The normalized spacial score (nSPS) is 10.7. The molecule has 0 aliphatic rings. The van der Waals surface area contributed by atoms with Gasteiger partial charge in [-0.15, -0.1) is 0 Å². The van der Waals surface area contributed by atoms with E-state index in [0.29, 0.717) is 0 Å². The molecule has 1 aromatic heterocycles. The van der Waals surface area contributed by atoms with Crippen molar-refractivity contribution < 1.29 is 0 Å². The molecule has 0 saturated carbocycles. The number of hydrogen-bond acceptors (Lipinski definition) is 0. The Balaban J connectivity index is 3.00. The third-order valence-corrected chi connectivity index (χ3v) is 70.2. The van der Waals surface area contributed by atoms with E-state index in [9.17, 15) is 0 Å². The summed E-state index contributed by atoms with van der Waals surface area (Å²) in [6.45, 7) is 3.61. The van der Waals surface area contributed by atoms with Crippen LogP contribution in [0.4, 0.5) is 0 Å². The van der Waals surface area contributed by atoms with Crippen LogP contribution >= 0.6 is 13.1 Å². The van der Waals surface area contributed by atoms with E-state index in [4.69, 9.17) is 0 Å². The van der Waals surface area contributed by atoms with E-state index < -0.39 is 0 Å². The molecule has 0 aliphatic carbocycles. The van der Waals surface area contributed by atoms with Crippen LogP contribution in [0.1, 0.15) is 0 Å². The fourth-order valence-corrected chi connectivity index (χ4v) is 123. The molecule has 0 saturated heterocycles. The Morgan fingerprint density at radius 2 is 1.33 bits per heavy atom. The van der Waals surface area contributed by atoms with Crippen molar-refractivity contribution in [2.75, 3.05) is 0 Å². The quantitative estimate of drug-likeness (QED) is 0.567. The van der Waals surface area contributed by atoms with Crippen LogP contribution in [-0.2, 0) is 0 Å². The van der Waals surface area contributed by atoms with Crippen molar-refractivity contribution in [1.82, 2.24) is 0 Å². The van der Waals surface area contributed by atoms with Gasteiger partial charge in [0, 0.05) is 0 Å². The molecular formula is P2Se4. The summed E-state index contributed by atoms with van der Waals surface area (Å²) in [6, 6.07) is 0. The summed E-state index contributed by atoms with van der Waals surface area (Å²) in [6.07, 6.45) is 0. The Bertz CT molecular complexity index is 77.5. The fourth-order valence-electron chi connectivity index (χ4n) is 0.0793. The summed E-state index contributed by atoms with van der Waals surface area (Å²) in [7, 11) is 2.37. The van der Waals surface area contributed by atoms with E-state index in [1.165, 1.54) is 21.5 Å². The molecule has 1 rings (SSSR count). The molecule has 0 amide bonds. The van der Waals surface area contributed by atoms with Crippen LogP contribution in [0.3, 0.4) is 0 Å². The van der Waals surface area contributed by atoms with E-state index >= 15 is 0 Å². The van der Waals surface area contributed by atoms with Crippen LogP contribution in [0.25, 0.3) is 0 Å². The van der Waals surface area contributed by atoms with Gasteiger partial charge >= 0.3 is 58.9 Å². The van der Waals surface area contributed by atoms with Gasteiger partial charge in [0.15, 0.2) is 0 Å². The molecule has 0 bridgehead atoms. The second-order valence-corrected chi connectivity index (χ2v) is 38.8. The molecule has 0 atom stereocenters. The Kier molecular flexibility index (Phi) is 5.15. The van der Waals surface area contributed by atoms with Gasteiger partial charge in [0.05, 0.1) is 0 Å². The zero-order chi connectivity index (χ0) is 4.24. The Hall–Kier alpha value is 2.68. The molecule has 0 spiro atoms. The monoisotopic (exact) mass is 382 g/mol. The summed E-state index contributed by atoms with van der Waals surface area (Å²) in [5.41, 5.74) is 0. The van der Waals surface area contributed by atoms with Gasteiger partial charge in [0.1, 0.15) is 0 Å². The van der Waals surface area contributed by atoms with Gasteiger partial charge < -0.3 is 0 Å². The van der Waals surface area contributed by atoms with Crippen molar-refractivity contribution in [1.29, 1.82) is 0 Å².